The average Bonchev–Trinajstić information content (AvgIpc) is 3.06. The number of phenolic OH excluding ortho intramolecular Hbond substituents is 1. The minimum absolute atomic E-state index is 0.342. The Kier molecular flexibility index (Phi) is 5.71. The van der Waals surface area contributed by atoms with Gasteiger partial charge in [-0.3, -0.25) is 4.90 Å². The van der Waals surface area contributed by atoms with Crippen LogP contribution in [0.2, 0.25) is 0 Å². The van der Waals surface area contributed by atoms with E-state index in [2.05, 4.69) is 39.4 Å². The zero-order valence-electron chi connectivity index (χ0n) is 13.8. The molecule has 0 saturated carbocycles. The number of rotatable bonds is 5. The lowest BCUT2D eigenvalue weighted by Crippen LogP contribution is -2.47. The van der Waals surface area contributed by atoms with Crippen molar-refractivity contribution in [2.24, 2.45) is 0 Å². The van der Waals surface area contributed by atoms with Gasteiger partial charge in [0, 0.05) is 25.7 Å². The molecule has 2 heterocycles. The lowest BCUT2D eigenvalue weighted by atomic mass is 9.94. The molecule has 0 aliphatic carbocycles. The van der Waals surface area contributed by atoms with Gasteiger partial charge in [0.15, 0.2) is 5.11 Å². The van der Waals surface area contributed by atoms with Crippen LogP contribution in [0.15, 0.2) is 35.0 Å². The molecule has 3 N–H and O–H groups in total. The van der Waals surface area contributed by atoms with Crippen molar-refractivity contribution in [3.8, 4) is 5.75 Å². The van der Waals surface area contributed by atoms with Crippen molar-refractivity contribution >= 4 is 28.7 Å². The second-order valence-electron chi connectivity index (χ2n) is 6.24. The number of nitrogens with zero attached hydrogens (tertiary/aromatic N) is 1. The number of hydrogen-bond donors (Lipinski definition) is 3. The molecule has 2 aromatic rings. The predicted molar refractivity (Wildman–Crippen MR) is 104 cm³/mol. The molecule has 0 fully saturated rings. The first-order chi connectivity index (χ1) is 11.6. The molecule has 1 atom stereocenters. The zero-order valence-corrected chi connectivity index (χ0v) is 15.4. The maximum atomic E-state index is 9.61. The molecule has 1 aliphatic heterocycles. The first-order valence-corrected chi connectivity index (χ1v) is 9.50. The minimum atomic E-state index is 0.342. The maximum absolute atomic E-state index is 9.61. The number of aromatic hydroxyl groups is 1. The molecule has 1 unspecified atom stereocenters. The lowest BCUT2D eigenvalue weighted by molar-refractivity contribution is 0.215. The van der Waals surface area contributed by atoms with Gasteiger partial charge in [-0.15, -0.1) is 0 Å². The van der Waals surface area contributed by atoms with Crippen LogP contribution in [-0.2, 0) is 19.4 Å². The summed E-state index contributed by atoms with van der Waals surface area (Å²) in [7, 11) is 2.12. The Hall–Kier alpha value is -1.63. The van der Waals surface area contributed by atoms with Gasteiger partial charge >= 0.3 is 0 Å². The van der Waals surface area contributed by atoms with Gasteiger partial charge in [-0.05, 0) is 77.8 Å². The van der Waals surface area contributed by atoms with Crippen molar-refractivity contribution in [3.63, 3.8) is 0 Å². The highest BCUT2D eigenvalue weighted by Gasteiger charge is 2.23. The van der Waals surface area contributed by atoms with E-state index in [0.717, 1.165) is 37.6 Å². The van der Waals surface area contributed by atoms with Crippen LogP contribution in [0.5, 0.6) is 5.75 Å². The van der Waals surface area contributed by atoms with Crippen LogP contribution < -0.4 is 10.6 Å². The van der Waals surface area contributed by atoms with E-state index in [1.54, 1.807) is 17.4 Å². The third kappa shape index (κ3) is 4.47. The quantitative estimate of drug-likeness (QED) is 0.715. The second-order valence-corrected chi connectivity index (χ2v) is 7.43. The van der Waals surface area contributed by atoms with Gasteiger partial charge in [0.1, 0.15) is 5.75 Å². The molecule has 24 heavy (non-hydrogen) atoms. The highest BCUT2D eigenvalue weighted by molar-refractivity contribution is 7.80. The molecule has 1 aromatic heterocycles. The van der Waals surface area contributed by atoms with Gasteiger partial charge in [0.2, 0.25) is 0 Å². The Morgan fingerprint density at radius 1 is 1.33 bits per heavy atom. The summed E-state index contributed by atoms with van der Waals surface area (Å²) in [6.45, 7) is 2.53. The van der Waals surface area contributed by atoms with Crippen molar-refractivity contribution in [2.45, 2.75) is 25.4 Å². The van der Waals surface area contributed by atoms with Crippen LogP contribution in [0.25, 0.3) is 0 Å². The van der Waals surface area contributed by atoms with Crippen LogP contribution in [0.1, 0.15) is 16.7 Å². The van der Waals surface area contributed by atoms with E-state index in [1.165, 1.54) is 16.7 Å². The largest absolute Gasteiger partial charge is 0.508 e. The molecular formula is C18H23N3OS2. The van der Waals surface area contributed by atoms with Crippen LogP contribution in [0.4, 0.5) is 0 Å². The maximum Gasteiger partial charge on any atom is 0.166 e. The molecule has 1 aromatic carbocycles. The number of benzene rings is 1. The Bertz CT molecular complexity index is 688. The first kappa shape index (κ1) is 17.2. The third-order valence-corrected chi connectivity index (χ3v) is 5.49. The molecule has 3 rings (SSSR count). The standard InChI is InChI=1S/C18H23N3OS2/c1-21-11-15-9-17(22)3-2-14(15)8-16(21)10-20-18(23)19-6-4-13-5-7-24-12-13/h2-3,5,7,9,12,16,22H,4,6,8,10-11H2,1H3,(H2,19,20,23). The molecule has 0 bridgehead atoms. The molecule has 128 valence electrons. The molecule has 0 radical (unpaired) electrons. The number of fused-ring (bicyclic) bond motifs is 1. The average molecular weight is 362 g/mol. The molecule has 0 amide bonds. The summed E-state index contributed by atoms with van der Waals surface area (Å²) in [6.07, 6.45) is 1.96. The third-order valence-electron chi connectivity index (χ3n) is 4.47. The van der Waals surface area contributed by atoms with E-state index in [1.807, 2.05) is 12.1 Å². The van der Waals surface area contributed by atoms with Gasteiger partial charge in [0.25, 0.3) is 0 Å². The summed E-state index contributed by atoms with van der Waals surface area (Å²) < 4.78 is 0. The molecule has 0 spiro atoms. The molecule has 4 nitrogen and oxygen atoms in total. The normalized spacial score (nSPS) is 17.3. The van der Waals surface area contributed by atoms with Crippen LogP contribution in [0.3, 0.4) is 0 Å². The highest BCUT2D eigenvalue weighted by Crippen LogP contribution is 2.25. The predicted octanol–water partition coefficient (Wildman–Crippen LogP) is 2.52. The van der Waals surface area contributed by atoms with Gasteiger partial charge in [-0.2, -0.15) is 11.3 Å². The van der Waals surface area contributed by atoms with E-state index in [-0.39, 0.29) is 0 Å². The summed E-state index contributed by atoms with van der Waals surface area (Å²) in [4.78, 5) is 2.31. The van der Waals surface area contributed by atoms with Crippen LogP contribution in [-0.4, -0.2) is 41.3 Å². The van der Waals surface area contributed by atoms with Crippen molar-refractivity contribution < 1.29 is 5.11 Å². The van der Waals surface area contributed by atoms with Gasteiger partial charge in [0.05, 0.1) is 0 Å². The Morgan fingerprint density at radius 3 is 3.00 bits per heavy atom. The van der Waals surface area contributed by atoms with Crippen LogP contribution >= 0.6 is 23.6 Å². The van der Waals surface area contributed by atoms with Crippen molar-refractivity contribution in [1.29, 1.82) is 0 Å². The monoisotopic (exact) mass is 361 g/mol. The van der Waals surface area contributed by atoms with Crippen molar-refractivity contribution in [2.75, 3.05) is 20.1 Å². The fourth-order valence-electron chi connectivity index (χ4n) is 3.02. The zero-order chi connectivity index (χ0) is 16.9. The molecule has 6 heteroatoms. The van der Waals surface area contributed by atoms with Gasteiger partial charge in [-0.1, -0.05) is 6.07 Å². The summed E-state index contributed by atoms with van der Waals surface area (Å²) in [5.41, 5.74) is 3.88. The topological polar surface area (TPSA) is 47.5 Å². The SMILES string of the molecule is CN1Cc2cc(O)ccc2CC1CNC(=S)NCCc1ccsc1. The molecule has 0 saturated heterocycles. The summed E-state index contributed by atoms with van der Waals surface area (Å²) >= 11 is 7.11. The fourth-order valence-corrected chi connectivity index (χ4v) is 3.91. The van der Waals surface area contributed by atoms with Crippen molar-refractivity contribution in [1.82, 2.24) is 15.5 Å². The van der Waals surface area contributed by atoms with Gasteiger partial charge < -0.3 is 15.7 Å². The minimum Gasteiger partial charge on any atom is -0.508 e. The van der Waals surface area contributed by atoms with Crippen molar-refractivity contribution in [3.05, 3.63) is 51.7 Å². The summed E-state index contributed by atoms with van der Waals surface area (Å²) in [5.74, 6) is 0.342. The van der Waals surface area contributed by atoms with Gasteiger partial charge in [-0.25, -0.2) is 0 Å². The summed E-state index contributed by atoms with van der Waals surface area (Å²) in [5, 5.41) is 21.2. The molecule has 1 aliphatic rings. The Labute approximate surface area is 152 Å². The smallest absolute Gasteiger partial charge is 0.166 e. The number of nitrogens with one attached hydrogen (secondary N) is 2. The van der Waals surface area contributed by atoms with E-state index >= 15 is 0 Å². The van der Waals surface area contributed by atoms with Crippen LogP contribution in [0, 0.1) is 0 Å². The molecular weight excluding hydrogens is 338 g/mol. The highest BCUT2D eigenvalue weighted by atomic mass is 32.1. The lowest BCUT2D eigenvalue weighted by Gasteiger charge is -2.34. The van der Waals surface area contributed by atoms with E-state index in [4.69, 9.17) is 12.2 Å². The number of likely N-dealkylation sites (N-methyl/N-ethyl adjacent to an activating group) is 1. The number of hydrogen-bond acceptors (Lipinski definition) is 4. The summed E-state index contributed by atoms with van der Waals surface area (Å²) in [6, 6.07) is 8.22. The Morgan fingerprint density at radius 2 is 2.21 bits per heavy atom. The number of thiocarbonyl (C=S) groups is 1. The fraction of sp³-hybridized carbons (Fsp3) is 0.389. The second kappa shape index (κ2) is 7.96. The number of thiophene rings is 1. The van der Waals surface area contributed by atoms with E-state index < -0.39 is 0 Å². The van der Waals surface area contributed by atoms with E-state index in [9.17, 15) is 5.11 Å². The number of phenols is 1. The van der Waals surface area contributed by atoms with E-state index in [0.29, 0.717) is 11.8 Å². The Balaban J connectivity index is 1.44. The first-order valence-electron chi connectivity index (χ1n) is 8.15.